The number of anilines is 1. The van der Waals surface area contributed by atoms with Gasteiger partial charge < -0.3 is 5.73 Å². The van der Waals surface area contributed by atoms with E-state index in [-0.39, 0.29) is 29.0 Å². The van der Waals surface area contributed by atoms with E-state index >= 15 is 0 Å². The molecule has 0 aromatic heterocycles. The van der Waals surface area contributed by atoms with Crippen LogP contribution in [-0.2, 0) is 10.0 Å². The Morgan fingerprint density at radius 1 is 1.30 bits per heavy atom. The van der Waals surface area contributed by atoms with E-state index in [2.05, 4.69) is 4.72 Å². The molecule has 20 heavy (non-hydrogen) atoms. The number of hydrogen-bond acceptors (Lipinski definition) is 4. The molecule has 1 aromatic rings. The maximum Gasteiger partial charge on any atom is 0.441 e. The molecule has 0 aliphatic rings. The lowest BCUT2D eigenvalue weighted by molar-refractivity contribution is -0.0327. The molecule has 9 heteroatoms. The maximum absolute atomic E-state index is 12.1. The van der Waals surface area contributed by atoms with Crippen molar-refractivity contribution in [3.8, 4) is 0 Å². The van der Waals surface area contributed by atoms with Gasteiger partial charge in [0.05, 0.1) is 4.90 Å². The van der Waals surface area contributed by atoms with E-state index in [1.807, 2.05) is 0 Å². The molecule has 0 atom stereocenters. The van der Waals surface area contributed by atoms with E-state index < -0.39 is 15.5 Å². The van der Waals surface area contributed by atoms with Crippen molar-refractivity contribution in [2.24, 2.45) is 0 Å². The van der Waals surface area contributed by atoms with Crippen molar-refractivity contribution in [2.45, 2.75) is 24.3 Å². The summed E-state index contributed by atoms with van der Waals surface area (Å²) in [6, 6.07) is 3.14. The number of nitrogens with two attached hydrogens (primary N) is 1. The number of nitrogens with one attached hydrogen (secondary N) is 1. The molecular weight excluding hydrogens is 313 g/mol. The van der Waals surface area contributed by atoms with Crippen LogP contribution in [0.15, 0.2) is 17.0 Å². The number of alkyl halides is 3. The molecule has 114 valence electrons. The minimum atomic E-state index is -4.37. The molecule has 3 N–H and O–H groups in total. The molecule has 0 aliphatic heterocycles. The summed E-state index contributed by atoms with van der Waals surface area (Å²) in [4.78, 5) is 0.0227. The second kappa shape index (κ2) is 6.23. The van der Waals surface area contributed by atoms with Crippen molar-refractivity contribution in [2.75, 3.05) is 18.0 Å². The van der Waals surface area contributed by atoms with E-state index in [1.54, 1.807) is 26.0 Å². The normalized spacial score (nSPS) is 12.7. The SMILES string of the molecule is Cc1ccc(N)c(C)c1S(=O)(=O)NCCSC(F)(F)F. The summed E-state index contributed by atoms with van der Waals surface area (Å²) in [7, 11) is -3.87. The molecule has 0 fully saturated rings. The number of rotatable bonds is 5. The van der Waals surface area contributed by atoms with Crippen LogP contribution in [0.3, 0.4) is 0 Å². The van der Waals surface area contributed by atoms with Crippen LogP contribution in [-0.4, -0.2) is 26.2 Å². The van der Waals surface area contributed by atoms with Crippen LogP contribution in [0.25, 0.3) is 0 Å². The van der Waals surface area contributed by atoms with Crippen molar-refractivity contribution < 1.29 is 21.6 Å². The van der Waals surface area contributed by atoms with Gasteiger partial charge in [-0.25, -0.2) is 13.1 Å². The van der Waals surface area contributed by atoms with Gasteiger partial charge in [-0.05, 0) is 42.8 Å². The van der Waals surface area contributed by atoms with Gasteiger partial charge in [-0.3, -0.25) is 0 Å². The second-order valence-electron chi connectivity index (χ2n) is 4.12. The van der Waals surface area contributed by atoms with E-state index in [9.17, 15) is 21.6 Å². The van der Waals surface area contributed by atoms with Gasteiger partial charge in [-0.2, -0.15) is 13.2 Å². The lowest BCUT2D eigenvalue weighted by atomic mass is 10.1. The van der Waals surface area contributed by atoms with Gasteiger partial charge in [-0.1, -0.05) is 6.07 Å². The molecule has 0 saturated heterocycles. The fraction of sp³-hybridized carbons (Fsp3) is 0.455. The van der Waals surface area contributed by atoms with E-state index in [0.717, 1.165) is 0 Å². The Kier molecular flexibility index (Phi) is 5.33. The van der Waals surface area contributed by atoms with Crippen LogP contribution in [0.4, 0.5) is 18.9 Å². The highest BCUT2D eigenvalue weighted by Gasteiger charge is 2.28. The average Bonchev–Trinajstić information content (AvgIpc) is 2.29. The Balaban J connectivity index is 2.83. The van der Waals surface area contributed by atoms with Crippen LogP contribution in [0.5, 0.6) is 0 Å². The lowest BCUT2D eigenvalue weighted by Crippen LogP contribution is -2.28. The standard InChI is InChI=1S/C11H15F3N2O2S2/c1-7-3-4-9(15)8(2)10(7)20(17,18)16-5-6-19-11(12,13)14/h3-4,16H,5-6,15H2,1-2H3. The molecule has 0 bridgehead atoms. The molecule has 4 nitrogen and oxygen atoms in total. The average molecular weight is 328 g/mol. The molecule has 1 rings (SSSR count). The first-order chi connectivity index (χ1) is 9.04. The van der Waals surface area contributed by atoms with Crippen molar-refractivity contribution in [3.63, 3.8) is 0 Å². The summed E-state index contributed by atoms with van der Waals surface area (Å²) in [5, 5.41) is 0. The quantitative estimate of drug-likeness (QED) is 0.643. The topological polar surface area (TPSA) is 72.2 Å². The highest BCUT2D eigenvalue weighted by atomic mass is 32.2. The fourth-order valence-electron chi connectivity index (χ4n) is 1.67. The number of halogens is 3. The number of aryl methyl sites for hydroxylation is 1. The van der Waals surface area contributed by atoms with Crippen molar-refractivity contribution in [3.05, 3.63) is 23.3 Å². The summed E-state index contributed by atoms with van der Waals surface area (Å²) in [5.41, 5.74) is 2.49. The molecular formula is C11H15F3N2O2S2. The van der Waals surface area contributed by atoms with Crippen LogP contribution in [0.1, 0.15) is 11.1 Å². The minimum Gasteiger partial charge on any atom is -0.398 e. The van der Waals surface area contributed by atoms with Crippen LogP contribution < -0.4 is 10.5 Å². The highest BCUT2D eigenvalue weighted by molar-refractivity contribution is 8.00. The fourth-order valence-corrected chi connectivity index (χ4v) is 3.76. The molecule has 0 saturated carbocycles. The zero-order valence-electron chi connectivity index (χ0n) is 10.9. The summed E-state index contributed by atoms with van der Waals surface area (Å²) >= 11 is -0.271. The smallest absolute Gasteiger partial charge is 0.398 e. The van der Waals surface area contributed by atoms with Crippen molar-refractivity contribution in [1.82, 2.24) is 4.72 Å². The summed E-state index contributed by atoms with van der Waals surface area (Å²) in [6.07, 6.45) is 0. The zero-order valence-corrected chi connectivity index (χ0v) is 12.5. The number of nitrogen functional groups attached to an aromatic ring is 1. The molecule has 0 spiro atoms. The van der Waals surface area contributed by atoms with Crippen LogP contribution >= 0.6 is 11.8 Å². The number of thioether (sulfide) groups is 1. The molecule has 0 unspecified atom stereocenters. The van der Waals surface area contributed by atoms with Gasteiger partial charge in [0.2, 0.25) is 10.0 Å². The van der Waals surface area contributed by atoms with Gasteiger partial charge in [0.15, 0.2) is 0 Å². The monoisotopic (exact) mass is 328 g/mol. The first kappa shape index (κ1) is 17.1. The van der Waals surface area contributed by atoms with E-state index in [0.29, 0.717) is 16.8 Å². The molecule has 1 aromatic carbocycles. The predicted molar refractivity (Wildman–Crippen MR) is 74.0 cm³/mol. The molecule has 0 heterocycles. The number of benzene rings is 1. The van der Waals surface area contributed by atoms with Crippen molar-refractivity contribution >= 4 is 27.5 Å². The second-order valence-corrected chi connectivity index (χ2v) is 6.98. The van der Waals surface area contributed by atoms with Crippen molar-refractivity contribution in [1.29, 1.82) is 0 Å². The number of sulfonamides is 1. The maximum atomic E-state index is 12.1. The third-order valence-electron chi connectivity index (χ3n) is 2.57. The van der Waals surface area contributed by atoms with Crippen LogP contribution in [0, 0.1) is 13.8 Å². The highest BCUT2D eigenvalue weighted by Crippen LogP contribution is 2.29. The first-order valence-corrected chi connectivity index (χ1v) is 8.07. The Hall–Kier alpha value is -0.930. The molecule has 0 amide bonds. The minimum absolute atomic E-state index is 0.0227. The van der Waals surface area contributed by atoms with E-state index in [1.165, 1.54) is 0 Å². The van der Waals surface area contributed by atoms with Crippen LogP contribution in [0.2, 0.25) is 0 Å². The van der Waals surface area contributed by atoms with Gasteiger partial charge in [0, 0.05) is 18.0 Å². The largest absolute Gasteiger partial charge is 0.441 e. The summed E-state index contributed by atoms with van der Waals surface area (Å²) < 4.78 is 62.2. The molecule has 0 radical (unpaired) electrons. The third kappa shape index (κ3) is 4.57. The number of hydrogen-bond donors (Lipinski definition) is 2. The Morgan fingerprint density at radius 3 is 2.45 bits per heavy atom. The summed E-state index contributed by atoms with van der Waals surface area (Å²) in [5.74, 6) is -0.386. The lowest BCUT2D eigenvalue weighted by Gasteiger charge is -2.13. The zero-order chi connectivity index (χ0) is 15.6. The van der Waals surface area contributed by atoms with Gasteiger partial charge >= 0.3 is 5.51 Å². The van der Waals surface area contributed by atoms with Gasteiger partial charge in [0.25, 0.3) is 0 Å². The van der Waals surface area contributed by atoms with Gasteiger partial charge in [0.1, 0.15) is 0 Å². The Labute approximate surface area is 120 Å². The first-order valence-electron chi connectivity index (χ1n) is 5.60. The Bertz CT molecular complexity index is 586. The van der Waals surface area contributed by atoms with Gasteiger partial charge in [-0.15, -0.1) is 0 Å². The Morgan fingerprint density at radius 2 is 1.90 bits per heavy atom. The van der Waals surface area contributed by atoms with E-state index in [4.69, 9.17) is 5.73 Å². The summed E-state index contributed by atoms with van der Waals surface area (Å²) in [6.45, 7) is 2.85. The third-order valence-corrected chi connectivity index (χ3v) is 5.06. The molecule has 0 aliphatic carbocycles. The predicted octanol–water partition coefficient (Wildman–Crippen LogP) is 2.42.